The lowest BCUT2D eigenvalue weighted by Gasteiger charge is -2.24. The Morgan fingerprint density at radius 1 is 1.06 bits per heavy atom. The molecule has 1 aromatic rings. The van der Waals surface area contributed by atoms with Crippen molar-refractivity contribution in [3.8, 4) is 0 Å². The molecule has 0 aromatic heterocycles. The van der Waals surface area contributed by atoms with Gasteiger partial charge in [0.25, 0.3) is 0 Å². The van der Waals surface area contributed by atoms with Crippen molar-refractivity contribution in [2.24, 2.45) is 0 Å². The van der Waals surface area contributed by atoms with E-state index in [-0.39, 0.29) is 0 Å². The number of hydrogen-bond acceptors (Lipinski definition) is 0. The van der Waals surface area contributed by atoms with E-state index in [0.29, 0.717) is 5.92 Å². The fourth-order valence-electron chi connectivity index (χ4n) is 2.33. The first-order valence-electron chi connectivity index (χ1n) is 5.78. The highest BCUT2D eigenvalue weighted by atomic mass is 35.6. The van der Waals surface area contributed by atoms with Crippen LogP contribution < -0.4 is 0 Å². The van der Waals surface area contributed by atoms with E-state index < -0.39 is 19.8 Å². The molecular weight excluding hydrogens is 265 g/mol. The molecule has 1 aromatic carbocycles. The molecule has 1 aliphatic rings. The SMILES string of the molecule is FC(F)(F)c1ccc(C2CC[SiH](Cl)CC2)cc1. The van der Waals surface area contributed by atoms with Crippen molar-refractivity contribution < 1.29 is 13.2 Å². The molecular formula is C12H14ClF3Si. The third-order valence-corrected chi connectivity index (χ3v) is 6.60. The summed E-state index contributed by atoms with van der Waals surface area (Å²) in [5.41, 5.74) is 0.456. The van der Waals surface area contributed by atoms with Crippen molar-refractivity contribution in [2.75, 3.05) is 0 Å². The molecule has 5 heteroatoms. The maximum absolute atomic E-state index is 12.4. The molecule has 0 amide bonds. The lowest BCUT2D eigenvalue weighted by Crippen LogP contribution is -2.15. The average Bonchev–Trinajstić information content (AvgIpc) is 2.29. The second-order valence-electron chi connectivity index (χ2n) is 4.57. The minimum Gasteiger partial charge on any atom is -0.172 e. The van der Waals surface area contributed by atoms with Gasteiger partial charge in [-0.15, -0.1) is 0 Å². The maximum atomic E-state index is 12.4. The summed E-state index contributed by atoms with van der Waals surface area (Å²) in [4.78, 5) is 0. The van der Waals surface area contributed by atoms with Crippen molar-refractivity contribution in [2.45, 2.75) is 37.0 Å². The topological polar surface area (TPSA) is 0 Å². The Labute approximate surface area is 105 Å². The van der Waals surface area contributed by atoms with Gasteiger partial charge >= 0.3 is 6.18 Å². The third kappa shape index (κ3) is 3.25. The number of halogens is 4. The summed E-state index contributed by atoms with van der Waals surface area (Å²) in [7, 11) is -1.00. The van der Waals surface area contributed by atoms with Crippen molar-refractivity contribution in [3.05, 3.63) is 35.4 Å². The van der Waals surface area contributed by atoms with E-state index >= 15 is 0 Å². The fourth-order valence-corrected chi connectivity index (χ4v) is 4.90. The molecule has 0 nitrogen and oxygen atoms in total. The van der Waals surface area contributed by atoms with Gasteiger partial charge < -0.3 is 0 Å². The Balaban J connectivity index is 2.08. The van der Waals surface area contributed by atoms with E-state index in [1.807, 2.05) is 0 Å². The number of benzene rings is 1. The molecule has 0 saturated carbocycles. The zero-order valence-corrected chi connectivity index (χ0v) is 11.2. The molecule has 0 atom stereocenters. The summed E-state index contributed by atoms with van der Waals surface area (Å²) in [5.74, 6) is 0.403. The Bertz CT molecular complexity index is 366. The van der Waals surface area contributed by atoms with Crippen LogP contribution in [0.4, 0.5) is 13.2 Å². The van der Waals surface area contributed by atoms with Crippen LogP contribution in [0.1, 0.15) is 29.9 Å². The van der Waals surface area contributed by atoms with Gasteiger partial charge in [-0.2, -0.15) is 24.3 Å². The highest BCUT2D eigenvalue weighted by molar-refractivity contribution is 7.07. The lowest BCUT2D eigenvalue weighted by atomic mass is 9.93. The molecule has 2 rings (SSSR count). The molecule has 0 N–H and O–H groups in total. The first-order chi connectivity index (χ1) is 7.97. The Morgan fingerprint density at radius 3 is 2.06 bits per heavy atom. The maximum Gasteiger partial charge on any atom is 0.416 e. The minimum atomic E-state index is -4.24. The van der Waals surface area contributed by atoms with Crippen LogP contribution in [-0.2, 0) is 6.18 Å². The van der Waals surface area contributed by atoms with Crippen LogP contribution in [0, 0.1) is 0 Å². The van der Waals surface area contributed by atoms with E-state index in [4.69, 9.17) is 11.1 Å². The van der Waals surface area contributed by atoms with Crippen molar-refractivity contribution in [1.29, 1.82) is 0 Å². The van der Waals surface area contributed by atoms with Crippen LogP contribution >= 0.6 is 11.1 Å². The number of hydrogen-bond donors (Lipinski definition) is 0. The van der Waals surface area contributed by atoms with E-state index in [1.54, 1.807) is 12.1 Å². The van der Waals surface area contributed by atoms with Gasteiger partial charge in [0.2, 0.25) is 0 Å². The minimum absolute atomic E-state index is 0.403. The quantitative estimate of drug-likeness (QED) is 0.522. The number of rotatable bonds is 1. The Morgan fingerprint density at radius 2 is 1.59 bits per heavy atom. The molecule has 94 valence electrons. The number of alkyl halides is 3. The van der Waals surface area contributed by atoms with Gasteiger partial charge in [-0.1, -0.05) is 12.1 Å². The predicted molar refractivity (Wildman–Crippen MR) is 66.0 cm³/mol. The Hall–Kier alpha value is -0.483. The molecule has 1 saturated heterocycles. The highest BCUT2D eigenvalue weighted by Gasteiger charge is 2.30. The van der Waals surface area contributed by atoms with E-state index in [9.17, 15) is 13.2 Å². The molecule has 17 heavy (non-hydrogen) atoms. The summed E-state index contributed by atoms with van der Waals surface area (Å²) in [6.07, 6.45) is -2.17. The normalized spacial score (nSPS) is 25.9. The second-order valence-corrected chi connectivity index (χ2v) is 8.77. The zero-order chi connectivity index (χ0) is 12.5. The van der Waals surface area contributed by atoms with E-state index in [2.05, 4.69) is 0 Å². The molecule has 1 fully saturated rings. The van der Waals surface area contributed by atoms with Crippen LogP contribution in [0.5, 0.6) is 0 Å². The monoisotopic (exact) mass is 278 g/mol. The summed E-state index contributed by atoms with van der Waals surface area (Å²) in [5, 5.41) is 0. The van der Waals surface area contributed by atoms with Gasteiger partial charge in [0.15, 0.2) is 0 Å². The average molecular weight is 279 g/mol. The summed E-state index contributed by atoms with van der Waals surface area (Å²) >= 11 is 6.14. The third-order valence-electron chi connectivity index (χ3n) is 3.37. The Kier molecular flexibility index (Phi) is 3.83. The summed E-state index contributed by atoms with van der Waals surface area (Å²) in [6.45, 7) is 0. The first-order valence-corrected chi connectivity index (χ1v) is 9.16. The second kappa shape index (κ2) is 5.02. The van der Waals surface area contributed by atoms with Crippen LogP contribution in [0.25, 0.3) is 0 Å². The van der Waals surface area contributed by atoms with Crippen molar-refractivity contribution >= 4 is 19.2 Å². The van der Waals surface area contributed by atoms with Crippen LogP contribution in [0.15, 0.2) is 24.3 Å². The molecule has 1 heterocycles. The molecule has 0 aliphatic carbocycles. The van der Waals surface area contributed by atoms with Gasteiger partial charge in [-0.05, 0) is 48.5 Å². The summed E-state index contributed by atoms with van der Waals surface area (Å²) in [6, 6.07) is 7.77. The first kappa shape index (κ1) is 13.0. The van der Waals surface area contributed by atoms with Gasteiger partial charge in [0.1, 0.15) is 8.11 Å². The zero-order valence-electron chi connectivity index (χ0n) is 9.30. The predicted octanol–water partition coefficient (Wildman–Crippen LogP) is 4.55. The highest BCUT2D eigenvalue weighted by Crippen LogP contribution is 2.36. The molecule has 0 unspecified atom stereocenters. The summed E-state index contributed by atoms with van der Waals surface area (Å²) < 4.78 is 37.2. The molecule has 0 spiro atoms. The molecule has 0 bridgehead atoms. The van der Waals surface area contributed by atoms with Gasteiger partial charge in [-0.25, -0.2) is 0 Å². The standard InChI is InChI=1S/C12H14ClF3Si/c13-17-7-5-10(6-8-17)9-1-3-11(4-2-9)12(14,15)16/h1-4,10,17H,5-8H2. The fraction of sp³-hybridized carbons (Fsp3) is 0.500. The van der Waals surface area contributed by atoms with E-state index in [0.717, 1.165) is 30.5 Å². The lowest BCUT2D eigenvalue weighted by molar-refractivity contribution is -0.137. The molecule has 1 aliphatic heterocycles. The van der Waals surface area contributed by atoms with Crippen LogP contribution in [0.3, 0.4) is 0 Å². The smallest absolute Gasteiger partial charge is 0.172 e. The van der Waals surface area contributed by atoms with Crippen LogP contribution in [0.2, 0.25) is 12.1 Å². The van der Waals surface area contributed by atoms with Gasteiger partial charge in [-0.3, -0.25) is 0 Å². The largest absolute Gasteiger partial charge is 0.416 e. The van der Waals surface area contributed by atoms with Crippen LogP contribution in [-0.4, -0.2) is 8.11 Å². The molecule has 0 radical (unpaired) electrons. The van der Waals surface area contributed by atoms with Gasteiger partial charge in [0, 0.05) is 0 Å². The van der Waals surface area contributed by atoms with Crippen molar-refractivity contribution in [3.63, 3.8) is 0 Å². The van der Waals surface area contributed by atoms with Crippen molar-refractivity contribution in [1.82, 2.24) is 0 Å². The van der Waals surface area contributed by atoms with E-state index in [1.165, 1.54) is 12.1 Å². The van der Waals surface area contributed by atoms with Gasteiger partial charge in [0.05, 0.1) is 5.56 Å².